The molecule has 0 saturated heterocycles. The minimum absolute atomic E-state index is 0.231. The normalized spacial score (nSPS) is 21.8. The predicted molar refractivity (Wildman–Crippen MR) is 96.6 cm³/mol. The Balaban J connectivity index is 2.18. The van der Waals surface area contributed by atoms with Gasteiger partial charge >= 0.3 is 0 Å². The van der Waals surface area contributed by atoms with E-state index in [9.17, 15) is 18.8 Å². The highest BCUT2D eigenvalue weighted by Crippen LogP contribution is 2.30. The zero-order chi connectivity index (χ0) is 19.1. The second kappa shape index (κ2) is 9.40. The van der Waals surface area contributed by atoms with Gasteiger partial charge in [0.25, 0.3) is 0 Å². The molecule has 26 heavy (non-hydrogen) atoms. The number of halogens is 2. The second-order valence-electron chi connectivity index (χ2n) is 6.53. The first-order valence-corrected chi connectivity index (χ1v) is 8.55. The topological polar surface area (TPSA) is 75.4 Å². The van der Waals surface area contributed by atoms with Gasteiger partial charge < -0.3 is 10.9 Å². The third-order valence-electron chi connectivity index (χ3n) is 4.59. The zero-order valence-electron chi connectivity index (χ0n) is 14.7. The van der Waals surface area contributed by atoms with Crippen LogP contribution >= 0.6 is 0 Å². The van der Waals surface area contributed by atoms with Gasteiger partial charge in [0.1, 0.15) is 12.1 Å². The molecule has 1 aliphatic carbocycles. The van der Waals surface area contributed by atoms with E-state index in [1.165, 1.54) is 13.0 Å². The summed E-state index contributed by atoms with van der Waals surface area (Å²) in [5, 5.41) is 9.40. The number of hydroxylamine groups is 1. The summed E-state index contributed by atoms with van der Waals surface area (Å²) < 4.78 is 26.2. The fraction of sp³-hybridized carbons (Fsp3) is 0.350. The lowest BCUT2D eigenvalue weighted by atomic mass is 9.78. The summed E-state index contributed by atoms with van der Waals surface area (Å²) in [6.45, 7) is 1.19. The van der Waals surface area contributed by atoms with Crippen LogP contribution in [0.25, 0.3) is 0 Å². The van der Waals surface area contributed by atoms with E-state index in [1.54, 1.807) is 0 Å². The molecule has 0 aliphatic heterocycles. The molecule has 4 N–H and O–H groups in total. The maximum Gasteiger partial charge on any atom is 0.148 e. The Kier molecular flexibility index (Phi) is 7.24. The van der Waals surface area contributed by atoms with E-state index in [1.807, 2.05) is 24.3 Å². The highest BCUT2D eigenvalue weighted by atomic mass is 19.1. The van der Waals surface area contributed by atoms with Gasteiger partial charge in [-0.15, -0.1) is 0 Å². The summed E-state index contributed by atoms with van der Waals surface area (Å²) in [5.74, 6) is -1.44. The van der Waals surface area contributed by atoms with Crippen LogP contribution in [0.4, 0.5) is 8.78 Å². The van der Waals surface area contributed by atoms with E-state index in [4.69, 9.17) is 5.73 Å². The van der Waals surface area contributed by atoms with Gasteiger partial charge in [-0.05, 0) is 49.8 Å². The SMILES string of the molecule is C/C(F)=C\C(F)=C/Cc1cccc(CC2C(C=O)=C(N)CCC2NO)c1. The molecule has 2 atom stereocenters. The highest BCUT2D eigenvalue weighted by Gasteiger charge is 2.30. The van der Waals surface area contributed by atoms with Crippen LogP contribution in [-0.2, 0) is 17.6 Å². The van der Waals surface area contributed by atoms with Crippen molar-refractivity contribution in [2.45, 2.75) is 38.6 Å². The van der Waals surface area contributed by atoms with E-state index in [0.717, 1.165) is 23.5 Å². The van der Waals surface area contributed by atoms with Crippen LogP contribution < -0.4 is 11.2 Å². The lowest BCUT2D eigenvalue weighted by Gasteiger charge is -2.31. The molecule has 0 fully saturated rings. The van der Waals surface area contributed by atoms with Crippen molar-refractivity contribution < 1.29 is 18.8 Å². The van der Waals surface area contributed by atoms with Gasteiger partial charge in [0.05, 0.1) is 5.83 Å². The standard InChI is InChI=1S/C20H24F2N2O2/c1-13(21)9-16(22)6-5-14-3-2-4-15(10-14)11-17-18(12-25)19(23)7-8-20(17)24-26/h2-4,6,9-10,12,17,20,24,26H,5,7-8,11,23H2,1H3/b13-9+,16-6+. The molecule has 1 aromatic rings. The van der Waals surface area contributed by atoms with Crippen molar-refractivity contribution in [3.63, 3.8) is 0 Å². The van der Waals surface area contributed by atoms with Gasteiger partial charge in [-0.3, -0.25) is 4.79 Å². The van der Waals surface area contributed by atoms with Crippen molar-refractivity contribution in [2.75, 3.05) is 0 Å². The first kappa shape index (κ1) is 20.0. The number of benzene rings is 1. The van der Waals surface area contributed by atoms with Crippen LogP contribution in [0.3, 0.4) is 0 Å². The molecule has 0 heterocycles. The Bertz CT molecular complexity index is 737. The molecule has 0 saturated carbocycles. The number of hydrogen-bond acceptors (Lipinski definition) is 4. The summed E-state index contributed by atoms with van der Waals surface area (Å²) in [6, 6.07) is 7.28. The molecule has 4 nitrogen and oxygen atoms in total. The molecule has 0 amide bonds. The lowest BCUT2D eigenvalue weighted by Crippen LogP contribution is -2.40. The van der Waals surface area contributed by atoms with E-state index in [2.05, 4.69) is 5.48 Å². The first-order chi connectivity index (χ1) is 12.4. The zero-order valence-corrected chi connectivity index (χ0v) is 14.7. The van der Waals surface area contributed by atoms with Gasteiger partial charge in [-0.25, -0.2) is 14.3 Å². The second-order valence-corrected chi connectivity index (χ2v) is 6.53. The molecule has 0 radical (unpaired) electrons. The molecule has 2 unspecified atom stereocenters. The van der Waals surface area contributed by atoms with Crippen LogP contribution in [0.1, 0.15) is 30.9 Å². The van der Waals surface area contributed by atoms with Crippen molar-refractivity contribution in [1.82, 2.24) is 5.48 Å². The summed E-state index contributed by atoms with van der Waals surface area (Å²) >= 11 is 0. The van der Waals surface area contributed by atoms with Crippen molar-refractivity contribution in [2.24, 2.45) is 11.7 Å². The van der Waals surface area contributed by atoms with Crippen LogP contribution in [0.5, 0.6) is 0 Å². The maximum atomic E-state index is 13.5. The van der Waals surface area contributed by atoms with Gasteiger partial charge in [-0.1, -0.05) is 24.3 Å². The molecule has 6 heteroatoms. The minimum atomic E-state index is -0.619. The van der Waals surface area contributed by atoms with Gasteiger partial charge in [-0.2, -0.15) is 0 Å². The Morgan fingerprint density at radius 3 is 2.77 bits per heavy atom. The molecule has 2 rings (SSSR count). The Labute approximate surface area is 152 Å². The van der Waals surface area contributed by atoms with E-state index < -0.39 is 11.7 Å². The lowest BCUT2D eigenvalue weighted by molar-refractivity contribution is -0.105. The number of hydrogen-bond donors (Lipinski definition) is 3. The number of nitrogens with one attached hydrogen (secondary N) is 1. The number of carbonyl (C=O) groups excluding carboxylic acids is 1. The highest BCUT2D eigenvalue weighted by molar-refractivity contribution is 5.76. The van der Waals surface area contributed by atoms with E-state index in [0.29, 0.717) is 37.0 Å². The molecular weight excluding hydrogens is 338 g/mol. The molecule has 0 bridgehead atoms. The van der Waals surface area contributed by atoms with Gasteiger partial charge in [0, 0.05) is 29.3 Å². The quantitative estimate of drug-likeness (QED) is 0.393. The molecule has 1 aliphatic rings. The van der Waals surface area contributed by atoms with E-state index in [-0.39, 0.29) is 12.0 Å². The van der Waals surface area contributed by atoms with Crippen molar-refractivity contribution in [3.8, 4) is 0 Å². The van der Waals surface area contributed by atoms with Crippen LogP contribution in [-0.4, -0.2) is 17.5 Å². The molecule has 0 spiro atoms. The van der Waals surface area contributed by atoms with Crippen LogP contribution in [0, 0.1) is 5.92 Å². The smallest absolute Gasteiger partial charge is 0.148 e. The van der Waals surface area contributed by atoms with E-state index >= 15 is 0 Å². The number of nitrogens with two attached hydrogens (primary N) is 1. The van der Waals surface area contributed by atoms with Crippen LogP contribution in [0.15, 0.2) is 59.3 Å². The minimum Gasteiger partial charge on any atom is -0.402 e. The Morgan fingerprint density at radius 2 is 2.12 bits per heavy atom. The number of aldehydes is 1. The van der Waals surface area contributed by atoms with Crippen molar-refractivity contribution >= 4 is 6.29 Å². The number of rotatable bonds is 7. The summed E-state index contributed by atoms with van der Waals surface area (Å²) in [5.41, 5.74) is 11.1. The first-order valence-electron chi connectivity index (χ1n) is 8.55. The fourth-order valence-electron chi connectivity index (χ4n) is 3.28. The third kappa shape index (κ3) is 5.34. The Hall–Kier alpha value is -2.31. The molecule has 140 valence electrons. The molecular formula is C20H24F2N2O2. The van der Waals surface area contributed by atoms with Gasteiger partial charge in [0.2, 0.25) is 0 Å². The summed E-state index contributed by atoms with van der Waals surface area (Å²) in [7, 11) is 0. The van der Waals surface area contributed by atoms with Crippen molar-refractivity contribution in [3.05, 3.63) is 70.5 Å². The fourth-order valence-corrected chi connectivity index (χ4v) is 3.28. The third-order valence-corrected chi connectivity index (χ3v) is 4.59. The van der Waals surface area contributed by atoms with Gasteiger partial charge in [0.15, 0.2) is 0 Å². The number of allylic oxidation sites excluding steroid dienone is 5. The summed E-state index contributed by atoms with van der Waals surface area (Å²) in [6.07, 6.45) is 4.98. The summed E-state index contributed by atoms with van der Waals surface area (Å²) in [4.78, 5) is 11.4. The molecule has 0 aromatic heterocycles. The predicted octanol–water partition coefficient (Wildman–Crippen LogP) is 3.67. The average Bonchev–Trinajstić information content (AvgIpc) is 2.60. The monoisotopic (exact) mass is 362 g/mol. The maximum absolute atomic E-state index is 13.5. The van der Waals surface area contributed by atoms with Crippen LogP contribution in [0.2, 0.25) is 0 Å². The van der Waals surface area contributed by atoms with Crippen molar-refractivity contribution in [1.29, 1.82) is 0 Å². The largest absolute Gasteiger partial charge is 0.402 e. The molecule has 1 aromatic carbocycles. The average molecular weight is 362 g/mol. The Morgan fingerprint density at radius 1 is 1.38 bits per heavy atom. The number of carbonyl (C=O) groups is 1.